The number of H-pyrrole nitrogens is 1. The Kier molecular flexibility index (Phi) is 2.67. The summed E-state index contributed by atoms with van der Waals surface area (Å²) >= 11 is 0. The molecule has 19 heavy (non-hydrogen) atoms. The number of aromatic amines is 1. The van der Waals surface area contributed by atoms with Crippen LogP contribution in [0.25, 0.3) is 22.2 Å². The second-order valence-corrected chi connectivity index (χ2v) is 4.76. The zero-order valence-electron chi connectivity index (χ0n) is 10.9. The first-order valence-electron chi connectivity index (χ1n) is 6.19. The van der Waals surface area contributed by atoms with Crippen molar-refractivity contribution in [3.8, 4) is 11.1 Å². The molecule has 3 nitrogen and oxygen atoms in total. The Morgan fingerprint density at radius 2 is 2.00 bits per heavy atom. The quantitative estimate of drug-likeness (QED) is 0.705. The van der Waals surface area contributed by atoms with Crippen molar-refractivity contribution in [3.05, 3.63) is 53.3 Å². The Hall–Kier alpha value is -2.42. The van der Waals surface area contributed by atoms with E-state index in [2.05, 4.69) is 42.0 Å². The third-order valence-electron chi connectivity index (χ3n) is 3.40. The predicted octanol–water partition coefficient (Wildman–Crippen LogP) is 3.66. The van der Waals surface area contributed by atoms with E-state index in [0.717, 1.165) is 28.4 Å². The van der Waals surface area contributed by atoms with Gasteiger partial charge >= 0.3 is 0 Å². The van der Waals surface area contributed by atoms with Gasteiger partial charge in [-0.3, -0.25) is 4.79 Å². The minimum Gasteiger partial charge on any atom is -0.345 e. The van der Waals surface area contributed by atoms with E-state index in [1.54, 1.807) is 12.4 Å². The topological polar surface area (TPSA) is 45.8 Å². The number of benzene rings is 1. The van der Waals surface area contributed by atoms with Gasteiger partial charge in [0.15, 0.2) is 6.29 Å². The van der Waals surface area contributed by atoms with E-state index in [0.29, 0.717) is 5.56 Å². The number of aryl methyl sites for hydroxylation is 2. The van der Waals surface area contributed by atoms with Crippen molar-refractivity contribution in [1.29, 1.82) is 0 Å². The molecule has 0 aliphatic carbocycles. The number of hydrogen-bond acceptors (Lipinski definition) is 2. The molecule has 0 saturated heterocycles. The average molecular weight is 250 g/mol. The largest absolute Gasteiger partial charge is 0.345 e. The van der Waals surface area contributed by atoms with E-state index in [-0.39, 0.29) is 0 Å². The fourth-order valence-electron chi connectivity index (χ4n) is 2.51. The summed E-state index contributed by atoms with van der Waals surface area (Å²) in [6, 6.07) is 8.29. The molecule has 3 heteroatoms. The average Bonchev–Trinajstić information content (AvgIpc) is 2.82. The molecule has 0 spiro atoms. The summed E-state index contributed by atoms with van der Waals surface area (Å²) in [4.78, 5) is 18.5. The van der Waals surface area contributed by atoms with Gasteiger partial charge in [-0.25, -0.2) is 4.98 Å². The van der Waals surface area contributed by atoms with Crippen LogP contribution in [0.1, 0.15) is 21.5 Å². The van der Waals surface area contributed by atoms with Gasteiger partial charge in [0.05, 0.1) is 0 Å². The van der Waals surface area contributed by atoms with Crippen LogP contribution in [0.15, 0.2) is 36.7 Å². The second-order valence-electron chi connectivity index (χ2n) is 4.76. The van der Waals surface area contributed by atoms with Crippen LogP contribution < -0.4 is 0 Å². The third kappa shape index (κ3) is 1.83. The molecule has 3 rings (SSSR count). The summed E-state index contributed by atoms with van der Waals surface area (Å²) in [5, 5.41) is 0.893. The van der Waals surface area contributed by atoms with E-state index in [1.165, 1.54) is 11.1 Å². The number of pyridine rings is 1. The lowest BCUT2D eigenvalue weighted by atomic mass is 9.96. The first-order valence-corrected chi connectivity index (χ1v) is 6.19. The van der Waals surface area contributed by atoms with Gasteiger partial charge in [0.1, 0.15) is 5.65 Å². The molecule has 0 unspecified atom stereocenters. The molecule has 0 radical (unpaired) electrons. The van der Waals surface area contributed by atoms with Gasteiger partial charge in [-0.15, -0.1) is 0 Å². The lowest BCUT2D eigenvalue weighted by Gasteiger charge is -2.08. The SMILES string of the molecule is Cc1ccc(-c2ccnc3[nH]cc(C=O)c23)c(C)c1. The number of hydrogen-bond donors (Lipinski definition) is 1. The Bertz CT molecular complexity index is 772. The zero-order valence-corrected chi connectivity index (χ0v) is 10.9. The Morgan fingerprint density at radius 1 is 1.16 bits per heavy atom. The number of nitrogens with one attached hydrogen (secondary N) is 1. The summed E-state index contributed by atoms with van der Waals surface area (Å²) in [5.41, 5.74) is 6.02. The van der Waals surface area contributed by atoms with E-state index < -0.39 is 0 Å². The number of fused-ring (bicyclic) bond motifs is 1. The Labute approximate surface area is 111 Å². The molecule has 0 aliphatic rings. The number of aromatic nitrogens is 2. The molecular weight excluding hydrogens is 236 g/mol. The van der Waals surface area contributed by atoms with Crippen molar-refractivity contribution < 1.29 is 4.79 Å². The second kappa shape index (κ2) is 4.35. The van der Waals surface area contributed by atoms with Crippen LogP contribution in [0.5, 0.6) is 0 Å². The highest BCUT2D eigenvalue weighted by atomic mass is 16.1. The summed E-state index contributed by atoms with van der Waals surface area (Å²) < 4.78 is 0. The Balaban J connectivity index is 2.35. The van der Waals surface area contributed by atoms with Crippen molar-refractivity contribution >= 4 is 17.3 Å². The molecule has 0 bridgehead atoms. The van der Waals surface area contributed by atoms with Crippen molar-refractivity contribution in [1.82, 2.24) is 9.97 Å². The van der Waals surface area contributed by atoms with Crippen LogP contribution in [0.2, 0.25) is 0 Å². The summed E-state index contributed by atoms with van der Waals surface area (Å²) in [6.07, 6.45) is 4.34. The van der Waals surface area contributed by atoms with E-state index in [4.69, 9.17) is 0 Å². The smallest absolute Gasteiger partial charge is 0.152 e. The monoisotopic (exact) mass is 250 g/mol. The van der Waals surface area contributed by atoms with Crippen LogP contribution in [0, 0.1) is 13.8 Å². The van der Waals surface area contributed by atoms with E-state index in [1.807, 2.05) is 6.07 Å². The molecule has 94 valence electrons. The van der Waals surface area contributed by atoms with Crippen LogP contribution in [-0.2, 0) is 0 Å². The summed E-state index contributed by atoms with van der Waals surface area (Å²) in [6.45, 7) is 4.16. The molecule has 2 aromatic heterocycles. The predicted molar refractivity (Wildman–Crippen MR) is 76.4 cm³/mol. The molecular formula is C16H14N2O. The molecule has 2 heterocycles. The van der Waals surface area contributed by atoms with Gasteiger partial charge in [0, 0.05) is 23.3 Å². The van der Waals surface area contributed by atoms with Crippen molar-refractivity contribution in [2.24, 2.45) is 0 Å². The first kappa shape index (κ1) is 11.7. The van der Waals surface area contributed by atoms with Crippen LogP contribution in [0.3, 0.4) is 0 Å². The van der Waals surface area contributed by atoms with Crippen LogP contribution in [0.4, 0.5) is 0 Å². The minimum absolute atomic E-state index is 0.651. The Morgan fingerprint density at radius 3 is 2.74 bits per heavy atom. The summed E-state index contributed by atoms with van der Waals surface area (Å²) in [7, 11) is 0. The van der Waals surface area contributed by atoms with Crippen LogP contribution in [-0.4, -0.2) is 16.3 Å². The van der Waals surface area contributed by atoms with Gasteiger partial charge in [-0.2, -0.15) is 0 Å². The maximum Gasteiger partial charge on any atom is 0.152 e. The molecule has 1 N–H and O–H groups in total. The fourth-order valence-corrected chi connectivity index (χ4v) is 2.51. The lowest BCUT2D eigenvalue weighted by molar-refractivity contribution is 0.112. The molecule has 1 aromatic carbocycles. The van der Waals surface area contributed by atoms with Gasteiger partial charge in [-0.1, -0.05) is 23.8 Å². The van der Waals surface area contributed by atoms with Gasteiger partial charge in [0.2, 0.25) is 0 Å². The zero-order chi connectivity index (χ0) is 13.4. The number of nitrogens with zero attached hydrogens (tertiary/aromatic N) is 1. The van der Waals surface area contributed by atoms with Gasteiger partial charge in [-0.05, 0) is 36.6 Å². The molecule has 0 amide bonds. The van der Waals surface area contributed by atoms with Crippen molar-refractivity contribution in [2.45, 2.75) is 13.8 Å². The van der Waals surface area contributed by atoms with Gasteiger partial charge in [0.25, 0.3) is 0 Å². The maximum atomic E-state index is 11.2. The molecule has 3 aromatic rings. The number of rotatable bonds is 2. The van der Waals surface area contributed by atoms with Crippen LogP contribution >= 0.6 is 0 Å². The van der Waals surface area contributed by atoms with Gasteiger partial charge < -0.3 is 4.98 Å². The number of carbonyl (C=O) groups is 1. The highest BCUT2D eigenvalue weighted by molar-refractivity contribution is 6.04. The third-order valence-corrected chi connectivity index (χ3v) is 3.40. The van der Waals surface area contributed by atoms with E-state index >= 15 is 0 Å². The molecule has 0 fully saturated rings. The first-order chi connectivity index (χ1) is 9.20. The highest BCUT2D eigenvalue weighted by Crippen LogP contribution is 2.31. The maximum absolute atomic E-state index is 11.2. The molecule has 0 atom stereocenters. The van der Waals surface area contributed by atoms with Crippen molar-refractivity contribution in [2.75, 3.05) is 0 Å². The molecule has 0 aliphatic heterocycles. The summed E-state index contributed by atoms with van der Waals surface area (Å²) in [5.74, 6) is 0. The minimum atomic E-state index is 0.651. The standard InChI is InChI=1S/C16H14N2O/c1-10-3-4-13(11(2)7-10)14-5-6-17-16-15(14)12(9-19)8-18-16/h3-9H,1-2H3,(H,17,18). The number of aldehydes is 1. The van der Waals surface area contributed by atoms with Crippen molar-refractivity contribution in [3.63, 3.8) is 0 Å². The highest BCUT2D eigenvalue weighted by Gasteiger charge is 2.12. The molecule has 0 saturated carbocycles. The lowest BCUT2D eigenvalue weighted by Crippen LogP contribution is -1.88. The van der Waals surface area contributed by atoms with E-state index in [9.17, 15) is 4.79 Å². The normalized spacial score (nSPS) is 10.8. The fraction of sp³-hybridized carbons (Fsp3) is 0.125. The number of carbonyl (C=O) groups excluding carboxylic acids is 1.